The Morgan fingerprint density at radius 2 is 1.64 bits per heavy atom. The number of thiophene rings is 1. The number of nitrogens with one attached hydrogen (secondary N) is 1. The first-order valence-corrected chi connectivity index (χ1v) is 12.8. The minimum absolute atomic E-state index is 0.323. The van der Waals surface area contributed by atoms with E-state index < -0.39 is 5.97 Å². The maximum Gasteiger partial charge on any atom is 0.340 e. The average Bonchev–Trinajstić information content (AvgIpc) is 3.30. The zero-order valence-corrected chi connectivity index (χ0v) is 21.7. The Morgan fingerprint density at radius 1 is 0.917 bits per heavy atom. The average molecular weight is 557 g/mol. The van der Waals surface area contributed by atoms with Crippen molar-refractivity contribution in [2.24, 2.45) is 0 Å². The lowest BCUT2D eigenvalue weighted by Crippen LogP contribution is -2.14. The van der Waals surface area contributed by atoms with Crippen LogP contribution in [0.3, 0.4) is 0 Å². The van der Waals surface area contributed by atoms with E-state index in [0.717, 1.165) is 20.5 Å². The number of rotatable bonds is 6. The van der Waals surface area contributed by atoms with Crippen LogP contribution in [-0.2, 0) is 11.2 Å². The van der Waals surface area contributed by atoms with E-state index in [0.29, 0.717) is 39.1 Å². The van der Waals surface area contributed by atoms with Crippen molar-refractivity contribution in [2.75, 3.05) is 12.4 Å². The fraction of sp³-hybridized carbons (Fsp3) is 0.0690. The molecule has 178 valence electrons. The van der Waals surface area contributed by atoms with Gasteiger partial charge in [0, 0.05) is 26.7 Å². The maximum atomic E-state index is 13.7. The number of hydrogen-bond acceptors (Lipinski definition) is 5. The van der Waals surface area contributed by atoms with Crippen molar-refractivity contribution < 1.29 is 14.3 Å². The minimum atomic E-state index is -0.492. The number of aromatic nitrogens is 1. The number of halogens is 1. The highest BCUT2D eigenvalue weighted by atomic mass is 79.9. The number of nitrogens with zero attached hydrogens (tertiary/aromatic N) is 1. The Bertz CT molecular complexity index is 1570. The fourth-order valence-corrected chi connectivity index (χ4v) is 5.43. The summed E-state index contributed by atoms with van der Waals surface area (Å²) in [4.78, 5) is 31.9. The molecule has 0 spiro atoms. The molecule has 0 atom stereocenters. The highest BCUT2D eigenvalue weighted by Crippen LogP contribution is 2.33. The highest BCUT2D eigenvalue weighted by Gasteiger charge is 2.21. The van der Waals surface area contributed by atoms with E-state index in [1.807, 2.05) is 78.9 Å². The molecule has 0 fully saturated rings. The lowest BCUT2D eigenvalue weighted by molar-refractivity contribution is 0.0602. The third kappa shape index (κ3) is 5.08. The largest absolute Gasteiger partial charge is 0.465 e. The molecule has 0 saturated heterocycles. The van der Waals surface area contributed by atoms with Crippen molar-refractivity contribution in [3.8, 4) is 11.3 Å². The molecule has 0 aliphatic carbocycles. The molecular weight excluding hydrogens is 536 g/mol. The number of ether oxygens (including phenoxy) is 1. The van der Waals surface area contributed by atoms with Crippen molar-refractivity contribution in [3.63, 3.8) is 0 Å². The van der Waals surface area contributed by atoms with E-state index in [4.69, 9.17) is 9.72 Å². The van der Waals surface area contributed by atoms with Crippen LogP contribution in [0.4, 0.5) is 5.00 Å². The second kappa shape index (κ2) is 10.4. The molecular formula is C29H21BrN2O3S. The predicted molar refractivity (Wildman–Crippen MR) is 148 cm³/mol. The molecule has 0 unspecified atom stereocenters. The molecule has 0 radical (unpaired) electrons. The summed E-state index contributed by atoms with van der Waals surface area (Å²) in [5.74, 6) is -0.816. The summed E-state index contributed by atoms with van der Waals surface area (Å²) >= 11 is 4.87. The monoisotopic (exact) mass is 556 g/mol. The number of methoxy groups -OCH3 is 1. The smallest absolute Gasteiger partial charge is 0.340 e. The molecule has 1 amide bonds. The first-order valence-electron chi connectivity index (χ1n) is 11.2. The molecule has 1 N–H and O–H groups in total. The van der Waals surface area contributed by atoms with Gasteiger partial charge in [-0.2, -0.15) is 0 Å². The van der Waals surface area contributed by atoms with Gasteiger partial charge in [0.25, 0.3) is 5.91 Å². The van der Waals surface area contributed by atoms with Crippen LogP contribution in [-0.4, -0.2) is 24.0 Å². The Hall–Kier alpha value is -3.81. The van der Waals surface area contributed by atoms with Crippen LogP contribution in [0.2, 0.25) is 0 Å². The predicted octanol–water partition coefficient (Wildman–Crippen LogP) is 7.36. The van der Waals surface area contributed by atoms with Gasteiger partial charge in [-0.3, -0.25) is 4.79 Å². The van der Waals surface area contributed by atoms with Crippen molar-refractivity contribution in [1.29, 1.82) is 0 Å². The van der Waals surface area contributed by atoms with Gasteiger partial charge < -0.3 is 10.1 Å². The van der Waals surface area contributed by atoms with E-state index in [9.17, 15) is 9.59 Å². The molecule has 0 bridgehead atoms. The van der Waals surface area contributed by atoms with Gasteiger partial charge in [-0.15, -0.1) is 11.3 Å². The number of esters is 1. The van der Waals surface area contributed by atoms with Crippen LogP contribution >= 0.6 is 27.3 Å². The molecule has 36 heavy (non-hydrogen) atoms. The minimum Gasteiger partial charge on any atom is -0.465 e. The van der Waals surface area contributed by atoms with Crippen molar-refractivity contribution in [3.05, 3.63) is 117 Å². The van der Waals surface area contributed by atoms with Crippen molar-refractivity contribution in [2.45, 2.75) is 6.42 Å². The van der Waals surface area contributed by atoms with E-state index in [1.54, 1.807) is 12.1 Å². The van der Waals surface area contributed by atoms with Crippen LogP contribution in [0, 0.1) is 0 Å². The molecule has 5 aromatic rings. The number of benzene rings is 3. The molecule has 0 aliphatic heterocycles. The van der Waals surface area contributed by atoms with Gasteiger partial charge >= 0.3 is 5.97 Å². The van der Waals surface area contributed by atoms with Crippen molar-refractivity contribution in [1.82, 2.24) is 4.98 Å². The number of anilines is 1. The third-order valence-electron chi connectivity index (χ3n) is 5.72. The van der Waals surface area contributed by atoms with E-state index >= 15 is 0 Å². The standard InChI is InChI=1S/C29H21BrN2O3S/c1-35-29(34)24-16-21(14-18-8-4-2-5-9-18)36-28(24)32-27(33)23-17-26(19-10-6-3-7-11-19)31-25-13-12-20(30)15-22(23)25/h2-13,15-17H,14H2,1H3,(H,32,33). The van der Waals surface area contributed by atoms with Gasteiger partial charge in [-0.25, -0.2) is 9.78 Å². The molecule has 0 saturated carbocycles. The SMILES string of the molecule is COC(=O)c1cc(Cc2ccccc2)sc1NC(=O)c1cc(-c2ccccc2)nc2ccc(Br)cc12. The zero-order valence-electron chi connectivity index (χ0n) is 19.3. The molecule has 5 rings (SSSR count). The Balaban J connectivity index is 1.55. The summed E-state index contributed by atoms with van der Waals surface area (Å²) < 4.78 is 5.83. The first kappa shape index (κ1) is 23.9. The van der Waals surface area contributed by atoms with Gasteiger partial charge in [0.05, 0.1) is 29.4 Å². The second-order valence-corrected chi connectivity index (χ2v) is 10.2. The molecule has 2 aromatic heterocycles. The molecule has 0 aliphatic rings. The molecule has 5 nitrogen and oxygen atoms in total. The zero-order chi connectivity index (χ0) is 25.1. The van der Waals surface area contributed by atoms with Crippen LogP contribution < -0.4 is 5.32 Å². The van der Waals surface area contributed by atoms with Gasteiger partial charge in [0.15, 0.2) is 0 Å². The van der Waals surface area contributed by atoms with Gasteiger partial charge in [0.2, 0.25) is 0 Å². The van der Waals surface area contributed by atoms with Gasteiger partial charge in [0.1, 0.15) is 5.00 Å². The summed E-state index contributed by atoms with van der Waals surface area (Å²) in [6.45, 7) is 0. The summed E-state index contributed by atoms with van der Waals surface area (Å²) in [6.07, 6.45) is 0.647. The van der Waals surface area contributed by atoms with E-state index in [-0.39, 0.29) is 5.91 Å². The van der Waals surface area contributed by atoms with Crippen LogP contribution in [0.5, 0.6) is 0 Å². The lowest BCUT2D eigenvalue weighted by atomic mass is 10.0. The number of pyridine rings is 1. The topological polar surface area (TPSA) is 68.3 Å². The highest BCUT2D eigenvalue weighted by molar-refractivity contribution is 9.10. The maximum absolute atomic E-state index is 13.7. The quantitative estimate of drug-likeness (QED) is 0.222. The summed E-state index contributed by atoms with van der Waals surface area (Å²) in [5.41, 5.74) is 4.23. The summed E-state index contributed by atoms with van der Waals surface area (Å²) in [7, 11) is 1.34. The molecule has 2 heterocycles. The van der Waals surface area contributed by atoms with Crippen LogP contribution in [0.15, 0.2) is 95.5 Å². The van der Waals surface area contributed by atoms with Crippen molar-refractivity contribution >= 4 is 55.0 Å². The van der Waals surface area contributed by atoms with E-state index in [1.165, 1.54) is 18.4 Å². The Labute approximate surface area is 220 Å². The second-order valence-electron chi connectivity index (χ2n) is 8.15. The number of carbonyl (C=O) groups is 2. The van der Waals surface area contributed by atoms with Gasteiger partial charge in [-0.05, 0) is 35.9 Å². The summed E-state index contributed by atoms with van der Waals surface area (Å²) in [5, 5.41) is 4.14. The third-order valence-corrected chi connectivity index (χ3v) is 7.27. The van der Waals surface area contributed by atoms with Gasteiger partial charge in [-0.1, -0.05) is 76.6 Å². The Kier molecular flexibility index (Phi) is 6.93. The molecule has 7 heteroatoms. The normalized spacial score (nSPS) is 10.8. The number of amides is 1. The summed E-state index contributed by atoms with van der Waals surface area (Å²) in [6, 6.07) is 28.9. The number of carbonyl (C=O) groups excluding carboxylic acids is 2. The number of fused-ring (bicyclic) bond motifs is 1. The lowest BCUT2D eigenvalue weighted by Gasteiger charge is -2.11. The van der Waals surface area contributed by atoms with Crippen LogP contribution in [0.1, 0.15) is 31.2 Å². The fourth-order valence-electron chi connectivity index (χ4n) is 3.99. The first-order chi connectivity index (χ1) is 17.5. The molecule has 3 aromatic carbocycles. The van der Waals surface area contributed by atoms with E-state index in [2.05, 4.69) is 21.2 Å². The van der Waals surface area contributed by atoms with Crippen LogP contribution in [0.25, 0.3) is 22.2 Å². The number of hydrogen-bond donors (Lipinski definition) is 1. The Morgan fingerprint density at radius 3 is 2.36 bits per heavy atom.